The van der Waals surface area contributed by atoms with E-state index in [0.29, 0.717) is 5.69 Å². The normalized spacial score (nSPS) is 12.0. The van der Waals surface area contributed by atoms with Crippen LogP contribution in [0.25, 0.3) is 16.6 Å². The highest BCUT2D eigenvalue weighted by molar-refractivity contribution is 7.99. The van der Waals surface area contributed by atoms with Crippen molar-refractivity contribution >= 4 is 46.2 Å². The number of rotatable bonds is 12. The molecule has 4 rings (SSSR count). The van der Waals surface area contributed by atoms with E-state index in [0.717, 1.165) is 28.2 Å². The summed E-state index contributed by atoms with van der Waals surface area (Å²) in [6.07, 6.45) is -6.55. The number of tetrazole rings is 1. The first-order chi connectivity index (χ1) is 22.2. The number of H-pyrrole nitrogens is 1. The number of halogens is 6. The minimum atomic E-state index is -5.19. The fraction of sp³-hybridized carbons (Fsp3) is 0.286. The Morgan fingerprint density at radius 1 is 0.979 bits per heavy atom. The molecule has 3 N–H and O–H groups in total. The summed E-state index contributed by atoms with van der Waals surface area (Å²) in [5, 5.41) is 26.3. The van der Waals surface area contributed by atoms with E-state index in [1.807, 2.05) is 30.3 Å². The van der Waals surface area contributed by atoms with Gasteiger partial charge in [-0.15, -0.1) is 5.10 Å². The van der Waals surface area contributed by atoms with E-state index in [-0.39, 0.29) is 30.7 Å². The van der Waals surface area contributed by atoms with Crippen LogP contribution in [0.3, 0.4) is 0 Å². The van der Waals surface area contributed by atoms with Crippen molar-refractivity contribution in [3.05, 3.63) is 78.2 Å². The number of Topliss-reactive ketones (excluding diaryl/α,β-unsaturated/α-hetero) is 1. The molecule has 250 valence electrons. The van der Waals surface area contributed by atoms with E-state index < -0.39 is 47.7 Å². The molecule has 0 aliphatic heterocycles. The summed E-state index contributed by atoms with van der Waals surface area (Å²) in [7, 11) is 0. The van der Waals surface area contributed by atoms with Crippen LogP contribution in [0.4, 0.5) is 26.3 Å². The van der Waals surface area contributed by atoms with Crippen LogP contribution in [-0.2, 0) is 20.9 Å². The molecule has 0 saturated heterocycles. The molecular weight excluding hydrogens is 660 g/mol. The Morgan fingerprint density at radius 3 is 2.32 bits per heavy atom. The number of nitrogens with one attached hydrogen (secondary N) is 3. The van der Waals surface area contributed by atoms with Gasteiger partial charge in [0.1, 0.15) is 18.3 Å². The highest BCUT2D eigenvalue weighted by Gasteiger charge is 2.37. The summed E-state index contributed by atoms with van der Waals surface area (Å²) < 4.78 is 70.3. The van der Waals surface area contributed by atoms with Crippen molar-refractivity contribution < 1.29 is 55.6 Å². The van der Waals surface area contributed by atoms with Gasteiger partial charge in [0.25, 0.3) is 5.91 Å². The predicted molar refractivity (Wildman–Crippen MR) is 151 cm³/mol. The van der Waals surface area contributed by atoms with E-state index in [4.69, 9.17) is 9.90 Å². The topological polar surface area (TPSA) is 173 Å². The number of pyridine rings is 1. The molecule has 2 aromatic heterocycles. The third-order valence-corrected chi connectivity index (χ3v) is 7.15. The Morgan fingerprint density at radius 2 is 1.66 bits per heavy atom. The first kappa shape index (κ1) is 36.4. The Bertz CT molecular complexity index is 1690. The van der Waals surface area contributed by atoms with Crippen molar-refractivity contribution in [2.45, 2.75) is 37.8 Å². The average molecular weight is 686 g/mol. The third kappa shape index (κ3) is 11.3. The number of aromatic amines is 1. The lowest BCUT2D eigenvalue weighted by molar-refractivity contribution is -0.345. The second kappa shape index (κ2) is 16.5. The second-order valence-corrected chi connectivity index (χ2v) is 10.6. The van der Waals surface area contributed by atoms with Gasteiger partial charge in [0.15, 0.2) is 6.20 Å². The molecule has 0 saturated carbocycles. The van der Waals surface area contributed by atoms with Crippen LogP contribution in [0.5, 0.6) is 0 Å². The number of carboxylic acid groups (broad SMARTS) is 1. The number of para-hydroxylation sites is 2. The van der Waals surface area contributed by atoms with Gasteiger partial charge in [-0.25, -0.2) is 4.98 Å². The zero-order valence-electron chi connectivity index (χ0n) is 24.0. The van der Waals surface area contributed by atoms with Crippen LogP contribution >= 0.6 is 11.8 Å². The summed E-state index contributed by atoms with van der Waals surface area (Å²) in [4.78, 5) is 49.5. The molecule has 12 nitrogen and oxygen atoms in total. The molecule has 0 aliphatic carbocycles. The van der Waals surface area contributed by atoms with Crippen LogP contribution in [0.15, 0.2) is 67.1 Å². The molecule has 0 spiro atoms. The number of hydrogen-bond donors (Lipinski definition) is 2. The smallest absolute Gasteiger partial charge is 0.450 e. The molecule has 2 aromatic carbocycles. The number of aromatic nitrogens is 5. The van der Waals surface area contributed by atoms with E-state index in [1.54, 1.807) is 30.5 Å². The standard InChI is InChI=1S/C26H24F3N7O3S.C2HF3O2/c27-26(28,29)23(37)15-40-11-5-9-21(25(39)31-14-17-12-18-6-1-3-8-20(18)30-13-17)33-24(38)19-7-2-4-10-22(19)36-16-32-34-35-36;3-2(4,5)1(6)7/h1-4,6-8,10,12-13,16,21H,5,9,11,14-15H2,(H,31,39)(H,33,38);(H,6,7)/t21-;/m0./s1. The number of carbonyl (C=O) groups is 4. The Balaban J connectivity index is 0.000000771. The van der Waals surface area contributed by atoms with Crippen molar-refractivity contribution in [2.24, 2.45) is 0 Å². The Hall–Kier alpha value is -5.07. The quantitative estimate of drug-likeness (QED) is 0.167. The molecule has 0 fully saturated rings. The number of alkyl halides is 6. The molecule has 0 aliphatic rings. The lowest BCUT2D eigenvalue weighted by Crippen LogP contribution is -2.46. The monoisotopic (exact) mass is 685 g/mol. The van der Waals surface area contributed by atoms with E-state index in [9.17, 15) is 40.7 Å². The van der Waals surface area contributed by atoms with Crippen molar-refractivity contribution in [1.29, 1.82) is 0 Å². The van der Waals surface area contributed by atoms with Gasteiger partial charge in [0, 0.05) is 23.6 Å². The summed E-state index contributed by atoms with van der Waals surface area (Å²) >= 11 is 0.826. The number of thioether (sulfide) groups is 1. The first-order valence-electron chi connectivity index (χ1n) is 13.4. The number of carboxylic acids is 1. The maximum Gasteiger partial charge on any atom is 0.450 e. The van der Waals surface area contributed by atoms with Crippen molar-refractivity contribution in [3.8, 4) is 5.69 Å². The summed E-state index contributed by atoms with van der Waals surface area (Å²) in [5.41, 5.74) is 2.37. The Labute approximate surface area is 265 Å². The molecule has 0 radical (unpaired) electrons. The molecule has 2 amide bonds. The molecule has 19 heteroatoms. The summed E-state index contributed by atoms with van der Waals surface area (Å²) in [6, 6.07) is 15.2. The van der Waals surface area contributed by atoms with Gasteiger partial charge in [-0.1, -0.05) is 24.3 Å². The SMILES string of the molecule is O=C(N[C@@H](CCCSCC(=O)C(F)(F)F)C(=O)NCc1c[nH+]c2ccccc2c1)c1ccccc1-n1cnnn1.O=C([O-])C(F)(F)F. The zero-order valence-corrected chi connectivity index (χ0v) is 24.8. The lowest BCUT2D eigenvalue weighted by atomic mass is 10.1. The van der Waals surface area contributed by atoms with Crippen LogP contribution in [0, 0.1) is 0 Å². The fourth-order valence-electron chi connectivity index (χ4n) is 3.86. The van der Waals surface area contributed by atoms with Gasteiger partial charge < -0.3 is 20.5 Å². The maximum atomic E-state index is 13.2. The second-order valence-electron chi connectivity index (χ2n) is 9.51. The molecule has 1 atom stereocenters. The molecule has 2 heterocycles. The fourth-order valence-corrected chi connectivity index (χ4v) is 4.72. The van der Waals surface area contributed by atoms with Gasteiger partial charge in [-0.05, 0) is 53.3 Å². The molecular formula is C28H25F6N7O5S. The predicted octanol–water partition coefficient (Wildman–Crippen LogP) is 1.99. The number of ketones is 1. The zero-order chi connectivity index (χ0) is 34.6. The average Bonchev–Trinajstić information content (AvgIpc) is 3.57. The Kier molecular flexibility index (Phi) is 12.8. The molecule has 4 aromatic rings. The van der Waals surface area contributed by atoms with Gasteiger partial charge in [-0.3, -0.25) is 14.4 Å². The van der Waals surface area contributed by atoms with Crippen LogP contribution in [-0.4, -0.2) is 73.7 Å². The van der Waals surface area contributed by atoms with E-state index in [2.05, 4.69) is 31.1 Å². The molecule has 0 unspecified atom stereocenters. The largest absolute Gasteiger partial charge is 0.542 e. The third-order valence-electron chi connectivity index (χ3n) is 6.11. The lowest BCUT2D eigenvalue weighted by Gasteiger charge is -2.19. The minimum Gasteiger partial charge on any atom is -0.542 e. The summed E-state index contributed by atoms with van der Waals surface area (Å²) in [5.74, 6) is -6.34. The van der Waals surface area contributed by atoms with Gasteiger partial charge >= 0.3 is 12.4 Å². The van der Waals surface area contributed by atoms with Gasteiger partial charge in [0.2, 0.25) is 17.2 Å². The first-order valence-corrected chi connectivity index (χ1v) is 14.6. The highest BCUT2D eigenvalue weighted by Crippen LogP contribution is 2.20. The molecule has 0 bridgehead atoms. The van der Waals surface area contributed by atoms with Crippen molar-refractivity contribution in [1.82, 2.24) is 30.8 Å². The van der Waals surface area contributed by atoms with Crippen LogP contribution < -0.4 is 20.7 Å². The molecule has 47 heavy (non-hydrogen) atoms. The number of amides is 2. The van der Waals surface area contributed by atoms with Crippen molar-refractivity contribution in [3.63, 3.8) is 0 Å². The van der Waals surface area contributed by atoms with Crippen LogP contribution in [0.2, 0.25) is 0 Å². The van der Waals surface area contributed by atoms with E-state index in [1.165, 1.54) is 11.0 Å². The number of benzene rings is 2. The van der Waals surface area contributed by atoms with Crippen molar-refractivity contribution in [2.75, 3.05) is 11.5 Å². The number of carbonyl (C=O) groups excluding carboxylic acids is 4. The number of fused-ring (bicyclic) bond motifs is 1. The number of aliphatic carboxylic acids is 1. The van der Waals surface area contributed by atoms with Crippen LogP contribution in [0.1, 0.15) is 28.8 Å². The van der Waals surface area contributed by atoms with Gasteiger partial charge in [-0.2, -0.15) is 42.8 Å². The number of hydrogen-bond acceptors (Lipinski definition) is 9. The summed E-state index contributed by atoms with van der Waals surface area (Å²) in [6.45, 7) is 0.183. The van der Waals surface area contributed by atoms with Gasteiger partial charge in [0.05, 0.1) is 17.0 Å². The minimum absolute atomic E-state index is 0.141. The van der Waals surface area contributed by atoms with E-state index >= 15 is 0 Å². The number of nitrogens with zero attached hydrogens (tertiary/aromatic N) is 4. The highest BCUT2D eigenvalue weighted by atomic mass is 32.2. The maximum absolute atomic E-state index is 13.2.